The standard InChI is InChI=1S/C22H21N3O5/c1-28-18-5-3-2-4-17(18)24-6-8-25(9-7-24)22(27)21-15(12-26)14-10-19-20(30-13-29-19)11-16(14)23-21/h2-5,10-12,23H,6-9,13H2,1H3. The smallest absolute Gasteiger partial charge is 0.271 e. The van der Waals surface area contributed by atoms with E-state index in [1.165, 1.54) is 0 Å². The first-order valence-electron chi connectivity index (χ1n) is 9.77. The molecule has 0 aliphatic carbocycles. The van der Waals surface area contributed by atoms with Crippen molar-refractivity contribution in [1.29, 1.82) is 0 Å². The summed E-state index contributed by atoms with van der Waals surface area (Å²) in [5, 5.41) is 0.658. The van der Waals surface area contributed by atoms with Crippen molar-refractivity contribution >= 4 is 28.8 Å². The number of aromatic amines is 1. The molecule has 0 radical (unpaired) electrons. The minimum absolute atomic E-state index is 0.153. The summed E-state index contributed by atoms with van der Waals surface area (Å²) in [6.07, 6.45) is 0.722. The summed E-state index contributed by atoms with van der Waals surface area (Å²) < 4.78 is 16.3. The molecular formula is C22H21N3O5. The fraction of sp³-hybridized carbons (Fsp3) is 0.273. The first-order valence-corrected chi connectivity index (χ1v) is 9.77. The number of carbonyl (C=O) groups is 2. The maximum Gasteiger partial charge on any atom is 0.271 e. The number of hydrogen-bond donors (Lipinski definition) is 1. The number of amides is 1. The summed E-state index contributed by atoms with van der Waals surface area (Å²) in [7, 11) is 1.65. The molecule has 1 amide bonds. The molecule has 8 heteroatoms. The van der Waals surface area contributed by atoms with Gasteiger partial charge in [0.25, 0.3) is 5.91 Å². The number of aromatic nitrogens is 1. The second-order valence-electron chi connectivity index (χ2n) is 7.23. The molecule has 154 valence electrons. The topological polar surface area (TPSA) is 84.1 Å². The predicted molar refractivity (Wildman–Crippen MR) is 111 cm³/mol. The third-order valence-electron chi connectivity index (χ3n) is 5.66. The zero-order valence-electron chi connectivity index (χ0n) is 16.5. The quantitative estimate of drug-likeness (QED) is 0.670. The van der Waals surface area contributed by atoms with Crippen LogP contribution in [0.2, 0.25) is 0 Å². The molecule has 0 spiro atoms. The second kappa shape index (κ2) is 7.29. The van der Waals surface area contributed by atoms with E-state index in [1.807, 2.05) is 24.3 Å². The first kappa shape index (κ1) is 18.4. The molecule has 8 nitrogen and oxygen atoms in total. The molecule has 0 bridgehead atoms. The second-order valence-corrected chi connectivity index (χ2v) is 7.23. The van der Waals surface area contributed by atoms with E-state index in [2.05, 4.69) is 9.88 Å². The lowest BCUT2D eigenvalue weighted by Gasteiger charge is -2.36. The Morgan fingerprint density at radius 2 is 1.83 bits per heavy atom. The van der Waals surface area contributed by atoms with Crippen LogP contribution in [0.4, 0.5) is 5.69 Å². The van der Waals surface area contributed by atoms with E-state index in [0.717, 1.165) is 17.7 Å². The Morgan fingerprint density at radius 1 is 1.10 bits per heavy atom. The molecule has 1 aromatic heterocycles. The van der Waals surface area contributed by atoms with E-state index in [1.54, 1.807) is 24.1 Å². The summed E-state index contributed by atoms with van der Waals surface area (Å²) in [4.78, 5) is 32.1. The average molecular weight is 407 g/mol. The van der Waals surface area contributed by atoms with Crippen molar-refractivity contribution in [2.24, 2.45) is 0 Å². The van der Waals surface area contributed by atoms with Gasteiger partial charge in [-0.2, -0.15) is 0 Å². The lowest BCUT2D eigenvalue weighted by Crippen LogP contribution is -2.49. The van der Waals surface area contributed by atoms with E-state index >= 15 is 0 Å². The van der Waals surface area contributed by atoms with Crippen LogP contribution in [0.15, 0.2) is 36.4 Å². The Kier molecular flexibility index (Phi) is 4.46. The summed E-state index contributed by atoms with van der Waals surface area (Å²) in [6.45, 7) is 2.61. The summed E-state index contributed by atoms with van der Waals surface area (Å²) in [6, 6.07) is 11.4. The van der Waals surface area contributed by atoms with Crippen LogP contribution in [-0.2, 0) is 0 Å². The molecule has 0 atom stereocenters. The molecule has 3 heterocycles. The molecule has 2 aromatic carbocycles. The Morgan fingerprint density at radius 3 is 2.57 bits per heavy atom. The molecule has 1 fully saturated rings. The molecule has 30 heavy (non-hydrogen) atoms. The predicted octanol–water partition coefficient (Wildman–Crippen LogP) is 2.68. The summed E-state index contributed by atoms with van der Waals surface area (Å²) in [5.41, 5.74) is 2.34. The van der Waals surface area contributed by atoms with E-state index in [0.29, 0.717) is 59.8 Å². The highest BCUT2D eigenvalue weighted by Crippen LogP contribution is 2.38. The zero-order chi connectivity index (χ0) is 20.7. The number of hydrogen-bond acceptors (Lipinski definition) is 6. The lowest BCUT2D eigenvalue weighted by molar-refractivity contribution is 0.0739. The Bertz CT molecular complexity index is 1130. The number of carbonyl (C=O) groups excluding carboxylic acids is 2. The Hall–Kier alpha value is -3.68. The number of aldehydes is 1. The van der Waals surface area contributed by atoms with Crippen LogP contribution in [0.3, 0.4) is 0 Å². The number of piperazine rings is 1. The third kappa shape index (κ3) is 2.92. The van der Waals surface area contributed by atoms with E-state index in [-0.39, 0.29) is 12.7 Å². The Labute approximate surface area is 172 Å². The van der Waals surface area contributed by atoms with Gasteiger partial charge < -0.3 is 29.0 Å². The maximum absolute atomic E-state index is 13.2. The number of H-pyrrole nitrogens is 1. The highest BCUT2D eigenvalue weighted by atomic mass is 16.7. The number of ether oxygens (including phenoxy) is 3. The molecule has 3 aromatic rings. The van der Waals surface area contributed by atoms with Crippen LogP contribution in [0.5, 0.6) is 17.2 Å². The number of methoxy groups -OCH3 is 1. The van der Waals surface area contributed by atoms with Crippen LogP contribution in [0.25, 0.3) is 10.9 Å². The van der Waals surface area contributed by atoms with Gasteiger partial charge >= 0.3 is 0 Å². The first-order chi connectivity index (χ1) is 14.7. The molecule has 5 rings (SSSR count). The number of benzene rings is 2. The molecular weight excluding hydrogens is 386 g/mol. The SMILES string of the molecule is COc1ccccc1N1CCN(C(=O)c2[nH]c3cc4c(cc3c2C=O)OCO4)CC1. The van der Waals surface area contributed by atoms with Crippen molar-refractivity contribution in [2.45, 2.75) is 0 Å². The fourth-order valence-corrected chi connectivity index (χ4v) is 4.10. The van der Waals surface area contributed by atoms with Gasteiger partial charge in [0, 0.05) is 37.6 Å². The monoisotopic (exact) mass is 407 g/mol. The van der Waals surface area contributed by atoms with Gasteiger partial charge in [0.2, 0.25) is 6.79 Å². The number of nitrogens with one attached hydrogen (secondary N) is 1. The summed E-state index contributed by atoms with van der Waals surface area (Å²) in [5.74, 6) is 1.81. The van der Waals surface area contributed by atoms with Gasteiger partial charge in [-0.1, -0.05) is 12.1 Å². The largest absolute Gasteiger partial charge is 0.495 e. The Balaban J connectivity index is 1.38. The van der Waals surface area contributed by atoms with Crippen LogP contribution in [-0.4, -0.2) is 62.2 Å². The number of anilines is 1. The van der Waals surface area contributed by atoms with Crippen molar-refractivity contribution in [3.05, 3.63) is 47.7 Å². The normalized spacial score (nSPS) is 15.5. The molecule has 1 saturated heterocycles. The van der Waals surface area contributed by atoms with Crippen molar-refractivity contribution < 1.29 is 23.8 Å². The molecule has 2 aliphatic heterocycles. The van der Waals surface area contributed by atoms with Gasteiger partial charge in [0.15, 0.2) is 17.8 Å². The van der Waals surface area contributed by atoms with E-state index < -0.39 is 0 Å². The van der Waals surface area contributed by atoms with Gasteiger partial charge in [0.1, 0.15) is 11.4 Å². The third-order valence-corrected chi connectivity index (χ3v) is 5.66. The average Bonchev–Trinajstić information content (AvgIpc) is 3.40. The van der Waals surface area contributed by atoms with Gasteiger partial charge in [-0.15, -0.1) is 0 Å². The van der Waals surface area contributed by atoms with E-state index in [4.69, 9.17) is 14.2 Å². The zero-order valence-corrected chi connectivity index (χ0v) is 16.5. The molecule has 0 unspecified atom stereocenters. The van der Waals surface area contributed by atoms with Crippen LogP contribution in [0.1, 0.15) is 20.8 Å². The van der Waals surface area contributed by atoms with Crippen molar-refractivity contribution in [2.75, 3.05) is 45.0 Å². The highest BCUT2D eigenvalue weighted by Gasteiger charge is 2.28. The van der Waals surface area contributed by atoms with Crippen molar-refractivity contribution in [3.8, 4) is 17.2 Å². The number of nitrogens with zero attached hydrogens (tertiary/aromatic N) is 2. The van der Waals surface area contributed by atoms with Crippen LogP contribution >= 0.6 is 0 Å². The maximum atomic E-state index is 13.2. The van der Waals surface area contributed by atoms with Gasteiger partial charge in [-0.25, -0.2) is 0 Å². The lowest BCUT2D eigenvalue weighted by atomic mass is 10.1. The van der Waals surface area contributed by atoms with Crippen LogP contribution in [0, 0.1) is 0 Å². The molecule has 2 aliphatic rings. The van der Waals surface area contributed by atoms with E-state index in [9.17, 15) is 9.59 Å². The fourth-order valence-electron chi connectivity index (χ4n) is 4.10. The minimum atomic E-state index is -0.185. The number of rotatable bonds is 4. The van der Waals surface area contributed by atoms with Crippen molar-refractivity contribution in [1.82, 2.24) is 9.88 Å². The van der Waals surface area contributed by atoms with Gasteiger partial charge in [0.05, 0.1) is 23.9 Å². The van der Waals surface area contributed by atoms with Crippen LogP contribution < -0.4 is 19.1 Å². The van der Waals surface area contributed by atoms with Gasteiger partial charge in [-0.05, 0) is 18.2 Å². The number of para-hydroxylation sites is 2. The summed E-state index contributed by atoms with van der Waals surface area (Å²) >= 11 is 0. The molecule has 1 N–H and O–H groups in total. The highest BCUT2D eigenvalue weighted by molar-refractivity contribution is 6.10. The van der Waals surface area contributed by atoms with Gasteiger partial charge in [-0.3, -0.25) is 9.59 Å². The minimum Gasteiger partial charge on any atom is -0.495 e. The molecule has 0 saturated carbocycles. The van der Waals surface area contributed by atoms with Crippen molar-refractivity contribution in [3.63, 3.8) is 0 Å². The number of fused-ring (bicyclic) bond motifs is 2.